The van der Waals surface area contributed by atoms with Gasteiger partial charge in [-0.3, -0.25) is 4.79 Å². The van der Waals surface area contributed by atoms with Crippen LogP contribution < -0.4 is 5.73 Å². The van der Waals surface area contributed by atoms with Gasteiger partial charge in [0.15, 0.2) is 0 Å². The topological polar surface area (TPSA) is 46.3 Å². The van der Waals surface area contributed by atoms with Gasteiger partial charge in [0.1, 0.15) is 0 Å². The summed E-state index contributed by atoms with van der Waals surface area (Å²) in [6.07, 6.45) is 0.837. The van der Waals surface area contributed by atoms with Crippen molar-refractivity contribution in [3.05, 3.63) is 34.7 Å². The number of hydrogen-bond acceptors (Lipinski definition) is 3. The van der Waals surface area contributed by atoms with Crippen LogP contribution in [0.1, 0.15) is 35.5 Å². The number of nitrogens with zero attached hydrogens (tertiary/aromatic N) is 1. The molecule has 1 unspecified atom stereocenters. The predicted octanol–water partition coefficient (Wildman–Crippen LogP) is 4.08. The van der Waals surface area contributed by atoms with Crippen molar-refractivity contribution < 1.29 is 4.79 Å². The molecular weight excluding hydrogens is 316 g/mol. The van der Waals surface area contributed by atoms with Crippen molar-refractivity contribution in [3.8, 4) is 0 Å². The second-order valence-electron chi connectivity index (χ2n) is 6.08. The Kier molecular flexibility index (Phi) is 6.85. The second kappa shape index (κ2) is 7.95. The lowest BCUT2D eigenvalue weighted by Crippen LogP contribution is -2.34. The second-order valence-corrected chi connectivity index (χ2v) is 7.16. The number of aryl methyl sites for hydroxylation is 1. The molecule has 3 nitrogen and oxygen atoms in total. The largest absolute Gasteiger partial charge is 0.341 e. The highest BCUT2D eigenvalue weighted by Gasteiger charge is 2.16. The summed E-state index contributed by atoms with van der Waals surface area (Å²) in [6.45, 7) is 6.99. The zero-order chi connectivity index (χ0) is 15.6. The monoisotopic (exact) mass is 340 g/mol. The molecule has 0 bridgehead atoms. The summed E-state index contributed by atoms with van der Waals surface area (Å²) in [5.41, 5.74) is 7.26. The molecule has 1 atom stereocenters. The molecule has 0 saturated heterocycles. The van der Waals surface area contributed by atoms with E-state index in [4.69, 9.17) is 5.73 Å². The minimum Gasteiger partial charge on any atom is -0.341 e. The first-order chi connectivity index (χ1) is 9.88. The fraction of sp³-hybridized carbons (Fsp3) is 0.471. The Morgan fingerprint density at radius 2 is 2.00 bits per heavy atom. The SMILES string of the molecule is Cc1ccc2sc(C(=O)N(C)CCC(N)C(C)C)cc2c1.Cl. The maximum Gasteiger partial charge on any atom is 0.263 e. The summed E-state index contributed by atoms with van der Waals surface area (Å²) >= 11 is 1.56. The van der Waals surface area contributed by atoms with Crippen LogP contribution >= 0.6 is 23.7 Å². The van der Waals surface area contributed by atoms with Gasteiger partial charge in [-0.15, -0.1) is 23.7 Å². The molecule has 22 heavy (non-hydrogen) atoms. The Morgan fingerprint density at radius 3 is 2.64 bits per heavy atom. The molecular formula is C17H25ClN2OS. The molecule has 122 valence electrons. The van der Waals surface area contributed by atoms with E-state index in [9.17, 15) is 4.79 Å². The van der Waals surface area contributed by atoms with E-state index < -0.39 is 0 Å². The van der Waals surface area contributed by atoms with E-state index in [-0.39, 0.29) is 24.4 Å². The molecule has 2 rings (SSSR count). The number of benzene rings is 1. The molecule has 0 fully saturated rings. The lowest BCUT2D eigenvalue weighted by Gasteiger charge is -2.21. The third kappa shape index (κ3) is 4.45. The van der Waals surface area contributed by atoms with E-state index in [0.29, 0.717) is 12.5 Å². The van der Waals surface area contributed by atoms with Gasteiger partial charge in [-0.05, 0) is 36.8 Å². The van der Waals surface area contributed by atoms with Gasteiger partial charge in [0.2, 0.25) is 0 Å². The van der Waals surface area contributed by atoms with E-state index in [1.165, 1.54) is 5.56 Å². The Labute approximate surface area is 142 Å². The van der Waals surface area contributed by atoms with E-state index in [1.807, 2.05) is 13.1 Å². The maximum atomic E-state index is 12.5. The Balaban J connectivity index is 0.00000242. The van der Waals surface area contributed by atoms with Gasteiger partial charge in [-0.1, -0.05) is 31.5 Å². The van der Waals surface area contributed by atoms with Gasteiger partial charge in [0.25, 0.3) is 5.91 Å². The average molecular weight is 341 g/mol. The van der Waals surface area contributed by atoms with Crippen LogP contribution in [0.15, 0.2) is 24.3 Å². The van der Waals surface area contributed by atoms with Crippen molar-refractivity contribution in [3.63, 3.8) is 0 Å². The molecule has 2 aromatic rings. The van der Waals surface area contributed by atoms with E-state index in [0.717, 1.165) is 21.4 Å². The quantitative estimate of drug-likeness (QED) is 0.891. The fourth-order valence-electron chi connectivity index (χ4n) is 2.23. The lowest BCUT2D eigenvalue weighted by atomic mass is 10.0. The Morgan fingerprint density at radius 1 is 1.32 bits per heavy atom. The first-order valence-electron chi connectivity index (χ1n) is 7.39. The molecule has 0 radical (unpaired) electrons. The summed E-state index contributed by atoms with van der Waals surface area (Å²) in [6, 6.07) is 8.43. The number of fused-ring (bicyclic) bond motifs is 1. The van der Waals surface area contributed by atoms with Crippen molar-refractivity contribution in [2.75, 3.05) is 13.6 Å². The average Bonchev–Trinajstić information content (AvgIpc) is 2.86. The highest BCUT2D eigenvalue weighted by atomic mass is 35.5. The van der Waals surface area contributed by atoms with Gasteiger partial charge in [-0.25, -0.2) is 0 Å². The summed E-state index contributed by atoms with van der Waals surface area (Å²) in [4.78, 5) is 15.1. The van der Waals surface area contributed by atoms with Gasteiger partial charge in [0.05, 0.1) is 4.88 Å². The number of amides is 1. The summed E-state index contributed by atoms with van der Waals surface area (Å²) in [5.74, 6) is 0.533. The molecule has 5 heteroatoms. The van der Waals surface area contributed by atoms with E-state index in [2.05, 4.69) is 39.0 Å². The lowest BCUT2D eigenvalue weighted by molar-refractivity contribution is 0.0794. The molecule has 0 aliphatic carbocycles. The zero-order valence-corrected chi connectivity index (χ0v) is 15.3. The van der Waals surface area contributed by atoms with Crippen LogP contribution in [-0.4, -0.2) is 30.4 Å². The first-order valence-corrected chi connectivity index (χ1v) is 8.21. The molecule has 2 N–H and O–H groups in total. The number of carbonyl (C=O) groups is 1. The zero-order valence-electron chi connectivity index (χ0n) is 13.6. The van der Waals surface area contributed by atoms with Crippen molar-refractivity contribution in [2.24, 2.45) is 11.7 Å². The predicted molar refractivity (Wildman–Crippen MR) is 98.2 cm³/mol. The van der Waals surface area contributed by atoms with Crippen LogP contribution in [0.4, 0.5) is 0 Å². The van der Waals surface area contributed by atoms with Crippen LogP contribution in [0, 0.1) is 12.8 Å². The Hall–Kier alpha value is -1.10. The molecule has 1 aromatic carbocycles. The first kappa shape index (κ1) is 18.9. The molecule has 1 aromatic heterocycles. The highest BCUT2D eigenvalue weighted by Crippen LogP contribution is 2.27. The standard InChI is InChI=1S/C17H24N2OS.ClH/c1-11(2)14(18)7-8-19(4)17(20)16-10-13-9-12(3)5-6-15(13)21-16;/h5-6,9-11,14H,7-8,18H2,1-4H3;1H. The third-order valence-corrected chi connectivity index (χ3v) is 4.99. The third-order valence-electron chi connectivity index (χ3n) is 3.88. The van der Waals surface area contributed by atoms with Gasteiger partial charge >= 0.3 is 0 Å². The smallest absolute Gasteiger partial charge is 0.263 e. The summed E-state index contributed by atoms with van der Waals surface area (Å²) in [5, 5.41) is 1.15. The number of nitrogens with two attached hydrogens (primary N) is 1. The number of halogens is 1. The normalized spacial score (nSPS) is 12.3. The van der Waals surface area contributed by atoms with Crippen LogP contribution in [0.3, 0.4) is 0 Å². The van der Waals surface area contributed by atoms with Crippen LogP contribution in [0.2, 0.25) is 0 Å². The molecule has 0 spiro atoms. The maximum absolute atomic E-state index is 12.5. The molecule has 0 aliphatic rings. The van der Waals surface area contributed by atoms with Crippen molar-refractivity contribution >= 4 is 39.7 Å². The number of rotatable bonds is 5. The van der Waals surface area contributed by atoms with Crippen molar-refractivity contribution in [2.45, 2.75) is 33.2 Å². The van der Waals surface area contributed by atoms with Crippen LogP contribution in [-0.2, 0) is 0 Å². The van der Waals surface area contributed by atoms with E-state index in [1.54, 1.807) is 16.2 Å². The Bertz CT molecular complexity index is 639. The minimum atomic E-state index is 0. The van der Waals surface area contributed by atoms with Gasteiger partial charge < -0.3 is 10.6 Å². The van der Waals surface area contributed by atoms with Crippen molar-refractivity contribution in [1.82, 2.24) is 4.90 Å². The molecule has 1 amide bonds. The van der Waals surface area contributed by atoms with Crippen LogP contribution in [0.25, 0.3) is 10.1 Å². The van der Waals surface area contributed by atoms with Crippen LogP contribution in [0.5, 0.6) is 0 Å². The molecule has 0 saturated carbocycles. The number of carbonyl (C=O) groups excluding carboxylic acids is 1. The summed E-state index contributed by atoms with van der Waals surface area (Å²) in [7, 11) is 1.85. The molecule has 1 heterocycles. The number of hydrogen-bond donors (Lipinski definition) is 1. The minimum absolute atomic E-state index is 0. The van der Waals surface area contributed by atoms with Gasteiger partial charge in [-0.2, -0.15) is 0 Å². The van der Waals surface area contributed by atoms with Gasteiger partial charge in [0, 0.05) is 24.3 Å². The van der Waals surface area contributed by atoms with E-state index >= 15 is 0 Å². The number of thiophene rings is 1. The van der Waals surface area contributed by atoms with Crippen molar-refractivity contribution in [1.29, 1.82) is 0 Å². The molecule has 0 aliphatic heterocycles. The highest BCUT2D eigenvalue weighted by molar-refractivity contribution is 7.20. The fourth-order valence-corrected chi connectivity index (χ4v) is 3.27. The summed E-state index contributed by atoms with van der Waals surface area (Å²) < 4.78 is 1.16.